The first-order valence-electron chi connectivity index (χ1n) is 22.1. The number of likely N-dealkylation sites (tertiary alicyclic amines) is 1. The van der Waals surface area contributed by atoms with E-state index in [0.29, 0.717) is 30.5 Å². The number of hydrogen-bond acceptors (Lipinski definition) is 12. The Balaban J connectivity index is 1.91. The molecule has 66 heavy (non-hydrogen) atoms. The molecule has 1 aromatic heterocycles. The second kappa shape index (κ2) is 26.2. The topological polar surface area (TPSA) is 358 Å². The van der Waals surface area contributed by atoms with E-state index in [1.54, 1.807) is 46.9 Å². The van der Waals surface area contributed by atoms with Crippen molar-refractivity contribution in [1.82, 2.24) is 52.1 Å². The Kier molecular flexibility index (Phi) is 21.3. The van der Waals surface area contributed by atoms with Gasteiger partial charge in [0.25, 0.3) is 0 Å². The zero-order valence-corrected chi connectivity index (χ0v) is 38.4. The summed E-state index contributed by atoms with van der Waals surface area (Å²) in [6, 6.07) is -2.40. The molecule has 23 nitrogen and oxygen atoms in total. The molecule has 2 heterocycles. The van der Waals surface area contributed by atoms with Crippen LogP contribution in [0.2, 0.25) is 0 Å². The Morgan fingerprint density at radius 1 is 0.848 bits per heavy atom. The standard InChI is InChI=1S/C43H67N13O10/c1-7-24(4)35(40(63)53-31(19-27-20-47-22-49-27)41(64)56-17-9-11-32(56)38(61)50-25(5)42(65)66)55-37(60)30(18-26-12-14-28(57)15-13-26)52-39(62)34(23(2)3)54-36(59)29(51-33(58)21-46-6)10-8-16-48-43(44)45/h12-15,20,22-25,29-32,34-35,46,57H,7-11,16-19,21H2,1-6H3,(H,47,49)(H,50,61)(H,51,58)(H,52,62)(H,53,63)(H,54,59)(H,55,60)(H,65,66)(H4,44,45,48)/t24-,25-,29+,30-,31+,32+,34+,35-/m1/s1. The number of carboxylic acids is 1. The zero-order valence-electron chi connectivity index (χ0n) is 38.4. The van der Waals surface area contributed by atoms with Crippen molar-refractivity contribution in [1.29, 1.82) is 0 Å². The first-order chi connectivity index (χ1) is 31.2. The van der Waals surface area contributed by atoms with E-state index in [2.05, 4.69) is 52.2 Å². The van der Waals surface area contributed by atoms with E-state index in [-0.39, 0.29) is 57.0 Å². The number of aliphatic imine (C=N–C) groups is 1. The minimum Gasteiger partial charge on any atom is -0.508 e. The monoisotopic (exact) mass is 926 g/mol. The Morgan fingerprint density at radius 2 is 1.48 bits per heavy atom. The van der Waals surface area contributed by atoms with Gasteiger partial charge in [-0.15, -0.1) is 0 Å². The lowest BCUT2D eigenvalue weighted by Crippen LogP contribution is -2.62. The highest BCUT2D eigenvalue weighted by Crippen LogP contribution is 2.21. The smallest absolute Gasteiger partial charge is 0.325 e. The Morgan fingerprint density at radius 3 is 2.08 bits per heavy atom. The number of nitrogens with zero attached hydrogens (tertiary/aromatic N) is 3. The molecule has 0 bridgehead atoms. The third-order valence-electron chi connectivity index (χ3n) is 11.1. The van der Waals surface area contributed by atoms with Crippen molar-refractivity contribution in [3.05, 3.63) is 48.0 Å². The highest BCUT2D eigenvalue weighted by Gasteiger charge is 2.40. The third-order valence-corrected chi connectivity index (χ3v) is 11.1. The van der Waals surface area contributed by atoms with E-state index in [1.165, 1.54) is 36.5 Å². The number of imidazole rings is 1. The fourth-order valence-corrected chi connectivity index (χ4v) is 7.21. The van der Waals surface area contributed by atoms with Gasteiger partial charge in [-0.05, 0) is 69.2 Å². The molecule has 0 spiro atoms. The molecular weight excluding hydrogens is 859 g/mol. The predicted molar refractivity (Wildman–Crippen MR) is 242 cm³/mol. The lowest BCUT2D eigenvalue weighted by atomic mass is 9.96. The number of carboxylic acid groups (broad SMARTS) is 1. The van der Waals surface area contributed by atoms with E-state index < -0.39 is 101 Å². The Bertz CT molecular complexity index is 1990. The molecule has 23 heteroatoms. The van der Waals surface area contributed by atoms with Gasteiger partial charge in [-0.1, -0.05) is 46.2 Å². The number of aromatic amines is 1. The SMILES string of the molecule is CC[C@@H](C)[C@@H](NC(=O)[C@@H](Cc1ccc(O)cc1)NC(=O)[C@@H](NC(=O)[C@H](CCCN=C(N)N)NC(=O)CNC)C(C)C)C(=O)N[C@@H](Cc1cnc[nH]1)C(=O)N1CCC[C@H]1C(=O)N[C@H](C)C(=O)O. The number of guanidine groups is 1. The van der Waals surface area contributed by atoms with Crippen LogP contribution in [0, 0.1) is 11.8 Å². The number of likely N-dealkylation sites (N-methyl/N-ethyl adjacent to an activating group) is 1. The maximum Gasteiger partial charge on any atom is 0.325 e. The molecule has 7 amide bonds. The lowest BCUT2D eigenvalue weighted by molar-refractivity contribution is -0.144. The van der Waals surface area contributed by atoms with Crippen molar-refractivity contribution in [3.8, 4) is 5.75 Å². The second-order valence-electron chi connectivity index (χ2n) is 16.7. The molecule has 14 N–H and O–H groups in total. The molecule has 0 radical (unpaired) electrons. The first kappa shape index (κ1) is 53.6. The molecule has 2 aromatic rings. The van der Waals surface area contributed by atoms with Crippen molar-refractivity contribution < 1.29 is 48.6 Å². The number of amides is 7. The van der Waals surface area contributed by atoms with Gasteiger partial charge in [0.1, 0.15) is 48.0 Å². The summed E-state index contributed by atoms with van der Waals surface area (Å²) in [5.74, 6) is -7.10. The Hall–Kier alpha value is -6.78. The van der Waals surface area contributed by atoms with Crippen LogP contribution >= 0.6 is 0 Å². The van der Waals surface area contributed by atoms with E-state index in [9.17, 15) is 48.6 Å². The number of nitrogens with one attached hydrogen (secondary N) is 8. The van der Waals surface area contributed by atoms with Crippen LogP contribution in [0.15, 0.2) is 41.8 Å². The molecule has 1 saturated heterocycles. The van der Waals surface area contributed by atoms with Gasteiger partial charge in [0.15, 0.2) is 5.96 Å². The number of H-pyrrole nitrogens is 1. The number of aromatic hydroxyl groups is 1. The van der Waals surface area contributed by atoms with Gasteiger partial charge in [0.2, 0.25) is 41.4 Å². The molecule has 1 fully saturated rings. The summed E-state index contributed by atoms with van der Waals surface area (Å²) in [7, 11) is 1.57. The second-order valence-corrected chi connectivity index (χ2v) is 16.7. The number of phenolic OH excluding ortho intramolecular Hbond substituents is 1. The molecule has 364 valence electrons. The molecule has 1 aliphatic heterocycles. The highest BCUT2D eigenvalue weighted by molar-refractivity contribution is 5.98. The minimum atomic E-state index is -1.34. The van der Waals surface area contributed by atoms with Crippen LogP contribution in [-0.4, -0.2) is 147 Å². The number of aromatic nitrogens is 2. The zero-order chi connectivity index (χ0) is 49.1. The van der Waals surface area contributed by atoms with Crippen molar-refractivity contribution in [3.63, 3.8) is 0 Å². The normalized spacial score (nSPS) is 16.6. The van der Waals surface area contributed by atoms with Gasteiger partial charge in [-0.2, -0.15) is 0 Å². The summed E-state index contributed by atoms with van der Waals surface area (Å²) < 4.78 is 0. The molecular formula is C43H67N13O10. The molecule has 0 unspecified atom stereocenters. The maximum absolute atomic E-state index is 14.4. The number of hydrogen-bond donors (Lipinski definition) is 12. The van der Waals surface area contributed by atoms with Crippen LogP contribution in [0.3, 0.4) is 0 Å². The maximum atomic E-state index is 14.4. The number of nitrogens with two attached hydrogens (primary N) is 2. The van der Waals surface area contributed by atoms with Crippen LogP contribution in [0.5, 0.6) is 5.75 Å². The third kappa shape index (κ3) is 16.7. The number of carbonyl (C=O) groups excluding carboxylic acids is 7. The average Bonchev–Trinajstić information content (AvgIpc) is 3.98. The largest absolute Gasteiger partial charge is 0.508 e. The van der Waals surface area contributed by atoms with Crippen LogP contribution < -0.4 is 48.7 Å². The predicted octanol–water partition coefficient (Wildman–Crippen LogP) is -2.12. The number of phenols is 1. The van der Waals surface area contributed by atoms with Crippen LogP contribution in [0.4, 0.5) is 0 Å². The number of benzene rings is 1. The summed E-state index contributed by atoms with van der Waals surface area (Å²) in [6.45, 7) is 8.47. The highest BCUT2D eigenvalue weighted by atomic mass is 16.4. The quantitative estimate of drug-likeness (QED) is 0.0273. The van der Waals surface area contributed by atoms with Gasteiger partial charge in [-0.3, -0.25) is 43.3 Å². The van der Waals surface area contributed by atoms with Gasteiger partial charge in [0.05, 0.1) is 12.9 Å². The van der Waals surface area contributed by atoms with E-state index in [0.717, 1.165) is 0 Å². The summed E-state index contributed by atoms with van der Waals surface area (Å²) in [5, 5.41) is 38.1. The minimum absolute atomic E-state index is 0.0375. The number of carbonyl (C=O) groups is 8. The van der Waals surface area contributed by atoms with Gasteiger partial charge >= 0.3 is 5.97 Å². The summed E-state index contributed by atoms with van der Waals surface area (Å²) in [6.07, 6.45) is 4.25. The molecule has 8 atom stereocenters. The van der Waals surface area contributed by atoms with Crippen molar-refractivity contribution in [2.24, 2.45) is 28.3 Å². The molecule has 0 aliphatic carbocycles. The van der Waals surface area contributed by atoms with Crippen molar-refractivity contribution in [2.75, 3.05) is 26.7 Å². The van der Waals surface area contributed by atoms with E-state index in [1.807, 2.05) is 0 Å². The molecule has 0 saturated carbocycles. The number of aliphatic carboxylic acids is 1. The van der Waals surface area contributed by atoms with Gasteiger partial charge < -0.3 is 68.8 Å². The van der Waals surface area contributed by atoms with Crippen LogP contribution in [0.1, 0.15) is 78.0 Å². The molecule has 1 aliphatic rings. The van der Waals surface area contributed by atoms with E-state index in [4.69, 9.17) is 11.5 Å². The van der Waals surface area contributed by atoms with Gasteiger partial charge in [-0.25, -0.2) is 4.98 Å². The first-order valence-corrected chi connectivity index (χ1v) is 22.1. The lowest BCUT2D eigenvalue weighted by Gasteiger charge is -2.32. The average molecular weight is 926 g/mol. The van der Waals surface area contributed by atoms with Crippen LogP contribution in [0.25, 0.3) is 0 Å². The molecule has 1 aromatic carbocycles. The fraction of sp³-hybridized carbons (Fsp3) is 0.581. The number of rotatable bonds is 26. The summed E-state index contributed by atoms with van der Waals surface area (Å²) in [5.41, 5.74) is 11.9. The van der Waals surface area contributed by atoms with E-state index >= 15 is 0 Å². The Labute approximate surface area is 383 Å². The fourth-order valence-electron chi connectivity index (χ4n) is 7.21. The van der Waals surface area contributed by atoms with Crippen molar-refractivity contribution in [2.45, 2.75) is 122 Å². The van der Waals surface area contributed by atoms with Gasteiger partial charge in [0, 0.05) is 37.8 Å². The summed E-state index contributed by atoms with van der Waals surface area (Å²) in [4.78, 5) is 120. The van der Waals surface area contributed by atoms with Crippen molar-refractivity contribution >= 4 is 53.3 Å². The van der Waals surface area contributed by atoms with Crippen LogP contribution in [-0.2, 0) is 51.2 Å². The summed E-state index contributed by atoms with van der Waals surface area (Å²) >= 11 is 0. The molecule has 3 rings (SSSR count).